The van der Waals surface area contributed by atoms with Gasteiger partial charge in [-0.05, 0) is 24.3 Å². The van der Waals surface area contributed by atoms with Gasteiger partial charge in [0.25, 0.3) is 17.5 Å². The summed E-state index contributed by atoms with van der Waals surface area (Å²) < 4.78 is 5.38. The maximum atomic E-state index is 12.4. The number of nitro benzene ring substituents is 1. The summed E-state index contributed by atoms with van der Waals surface area (Å²) in [5.41, 5.74) is 0.651. The summed E-state index contributed by atoms with van der Waals surface area (Å²) >= 11 is 0. The van der Waals surface area contributed by atoms with E-state index in [0.717, 1.165) is 4.90 Å². The van der Waals surface area contributed by atoms with Crippen molar-refractivity contribution in [1.29, 1.82) is 0 Å². The Morgan fingerprint density at radius 2 is 1.69 bits per heavy atom. The van der Waals surface area contributed by atoms with Gasteiger partial charge in [0, 0.05) is 31.6 Å². The number of nitro groups is 1. The highest BCUT2D eigenvalue weighted by molar-refractivity contribution is 6.21. The van der Waals surface area contributed by atoms with Gasteiger partial charge in [0.1, 0.15) is 17.6 Å². The van der Waals surface area contributed by atoms with Gasteiger partial charge in [0.2, 0.25) is 0 Å². The van der Waals surface area contributed by atoms with Gasteiger partial charge in [-0.3, -0.25) is 24.6 Å². The van der Waals surface area contributed by atoms with Gasteiger partial charge in [0.15, 0.2) is 5.76 Å². The van der Waals surface area contributed by atoms with Crippen LogP contribution in [0.4, 0.5) is 5.69 Å². The van der Waals surface area contributed by atoms with Crippen molar-refractivity contribution in [3.05, 3.63) is 87.9 Å². The minimum atomic E-state index is -0.569. The summed E-state index contributed by atoms with van der Waals surface area (Å²) in [5, 5.41) is 21.0. The fourth-order valence-electron chi connectivity index (χ4n) is 3.22. The molecule has 0 unspecified atom stereocenters. The van der Waals surface area contributed by atoms with E-state index < -0.39 is 4.92 Å². The van der Waals surface area contributed by atoms with E-state index in [1.54, 1.807) is 35.4 Å². The number of carbonyl (C=O) groups is 2. The molecule has 0 atom stereocenters. The van der Waals surface area contributed by atoms with E-state index >= 15 is 0 Å². The smallest absolute Gasteiger partial charge is 0.280 e. The number of ether oxygens (including phenoxy) is 1. The molecule has 0 aromatic heterocycles. The van der Waals surface area contributed by atoms with Crippen molar-refractivity contribution in [1.82, 2.24) is 9.80 Å². The minimum Gasteiger partial charge on any atom is -0.508 e. The van der Waals surface area contributed by atoms with Crippen LogP contribution in [0.2, 0.25) is 0 Å². The number of fused-ring (bicyclic) bond motifs is 1. The summed E-state index contributed by atoms with van der Waals surface area (Å²) in [6, 6.07) is 10.3. The van der Waals surface area contributed by atoms with Crippen LogP contribution >= 0.6 is 0 Å². The number of nitrogens with zero attached hydrogens (tertiary/aromatic N) is 3. The molecule has 4 rings (SSSR count). The number of imide groups is 1. The fourth-order valence-corrected chi connectivity index (χ4v) is 3.22. The third kappa shape index (κ3) is 3.29. The van der Waals surface area contributed by atoms with Crippen molar-refractivity contribution in [3.8, 4) is 5.75 Å². The molecule has 0 fully saturated rings. The average molecular weight is 393 g/mol. The number of rotatable bonds is 5. The number of aromatic hydroxyl groups is 1. The van der Waals surface area contributed by atoms with E-state index in [9.17, 15) is 24.8 Å². The lowest BCUT2D eigenvalue weighted by Crippen LogP contribution is -2.35. The highest BCUT2D eigenvalue weighted by atomic mass is 16.6. The average Bonchev–Trinajstić information content (AvgIpc) is 2.97. The Hall–Kier alpha value is -4.14. The number of hydrogen-bond donors (Lipinski definition) is 1. The number of carbonyl (C=O) groups excluding carboxylic acids is 2. The van der Waals surface area contributed by atoms with Crippen LogP contribution in [0, 0.1) is 10.1 Å². The zero-order chi connectivity index (χ0) is 20.5. The number of hydrogen-bond acceptors (Lipinski definition) is 7. The predicted octanol–water partition coefficient (Wildman–Crippen LogP) is 2.70. The van der Waals surface area contributed by atoms with Crippen molar-refractivity contribution < 1.29 is 24.4 Å². The van der Waals surface area contributed by atoms with E-state index in [0.29, 0.717) is 11.1 Å². The Bertz CT molecular complexity index is 1060. The Morgan fingerprint density at radius 3 is 2.34 bits per heavy atom. The Labute approximate surface area is 164 Å². The lowest BCUT2D eigenvalue weighted by molar-refractivity contribution is -0.385. The summed E-state index contributed by atoms with van der Waals surface area (Å²) in [4.78, 5) is 38.4. The van der Waals surface area contributed by atoms with Crippen molar-refractivity contribution in [3.63, 3.8) is 0 Å². The molecule has 9 nitrogen and oxygen atoms in total. The molecule has 2 aromatic rings. The Kier molecular flexibility index (Phi) is 4.47. The molecule has 0 bridgehead atoms. The standard InChI is InChI=1S/C20H15N3O6/c24-13-5-6-17(23(27)28)16(11-13)18-12-21(9-10-29-18)7-8-22-19(25)14-3-1-2-4-15(14)20(22)26/h1-6,9-12,24H,7-8H2. The van der Waals surface area contributed by atoms with E-state index in [1.807, 2.05) is 0 Å². The Balaban J connectivity index is 1.52. The quantitative estimate of drug-likeness (QED) is 0.472. The molecule has 1 N–H and O–H groups in total. The molecule has 146 valence electrons. The summed E-state index contributed by atoms with van der Waals surface area (Å²) in [5.74, 6) is -0.675. The van der Waals surface area contributed by atoms with Crippen molar-refractivity contribution in [2.24, 2.45) is 0 Å². The lowest BCUT2D eigenvalue weighted by atomic mass is 10.1. The second-order valence-electron chi connectivity index (χ2n) is 6.40. The molecule has 0 radical (unpaired) electrons. The van der Waals surface area contributed by atoms with Gasteiger partial charge < -0.3 is 14.7 Å². The monoisotopic (exact) mass is 393 g/mol. The second-order valence-corrected chi connectivity index (χ2v) is 6.40. The zero-order valence-electron chi connectivity index (χ0n) is 15.0. The summed E-state index contributed by atoms with van der Waals surface area (Å²) in [7, 11) is 0. The number of amides is 2. The first-order valence-corrected chi connectivity index (χ1v) is 8.69. The fraction of sp³-hybridized carbons (Fsp3) is 0.100. The van der Waals surface area contributed by atoms with Crippen LogP contribution in [0.1, 0.15) is 26.3 Å². The normalized spacial score (nSPS) is 15.2. The van der Waals surface area contributed by atoms with Gasteiger partial charge in [-0.25, -0.2) is 0 Å². The van der Waals surface area contributed by atoms with Crippen molar-refractivity contribution in [2.45, 2.75) is 0 Å². The maximum absolute atomic E-state index is 12.4. The minimum absolute atomic E-state index is 0.116. The molecule has 2 aliphatic heterocycles. The molecule has 2 amide bonds. The molecule has 2 aromatic carbocycles. The van der Waals surface area contributed by atoms with Crippen molar-refractivity contribution >= 4 is 23.3 Å². The first-order valence-electron chi connectivity index (χ1n) is 8.69. The molecular formula is C20H15N3O6. The zero-order valence-corrected chi connectivity index (χ0v) is 15.0. The lowest BCUT2D eigenvalue weighted by Gasteiger charge is -2.23. The molecule has 0 aliphatic carbocycles. The molecule has 2 heterocycles. The Morgan fingerprint density at radius 1 is 1.00 bits per heavy atom. The van der Waals surface area contributed by atoms with Crippen LogP contribution in [0.5, 0.6) is 5.75 Å². The maximum Gasteiger partial charge on any atom is 0.280 e. The van der Waals surface area contributed by atoms with E-state index in [4.69, 9.17) is 4.74 Å². The molecule has 2 aliphatic rings. The van der Waals surface area contributed by atoms with Gasteiger partial charge in [-0.1, -0.05) is 12.1 Å². The number of phenolic OH excluding ortho intramolecular Hbond substituents is 1. The molecule has 29 heavy (non-hydrogen) atoms. The molecular weight excluding hydrogens is 378 g/mol. The number of benzene rings is 2. The third-order valence-electron chi connectivity index (χ3n) is 4.63. The molecule has 0 saturated carbocycles. The van der Waals surface area contributed by atoms with E-state index in [2.05, 4.69) is 0 Å². The summed E-state index contributed by atoms with van der Waals surface area (Å²) in [6.07, 6.45) is 4.43. The molecule has 0 spiro atoms. The molecule has 9 heteroatoms. The summed E-state index contributed by atoms with van der Waals surface area (Å²) in [6.45, 7) is 0.393. The number of phenols is 1. The van der Waals surface area contributed by atoms with Gasteiger partial charge in [0.05, 0.1) is 16.1 Å². The highest BCUT2D eigenvalue weighted by Gasteiger charge is 2.35. The second kappa shape index (κ2) is 7.12. The molecule has 0 saturated heterocycles. The predicted molar refractivity (Wildman–Crippen MR) is 101 cm³/mol. The van der Waals surface area contributed by atoms with Crippen LogP contribution < -0.4 is 0 Å². The van der Waals surface area contributed by atoms with Crippen LogP contribution in [0.25, 0.3) is 5.76 Å². The van der Waals surface area contributed by atoms with E-state index in [1.165, 1.54) is 30.7 Å². The van der Waals surface area contributed by atoms with Crippen LogP contribution in [0.15, 0.2) is 61.1 Å². The first-order chi connectivity index (χ1) is 14.0. The van der Waals surface area contributed by atoms with Crippen LogP contribution in [0.3, 0.4) is 0 Å². The van der Waals surface area contributed by atoms with Gasteiger partial charge in [-0.15, -0.1) is 0 Å². The van der Waals surface area contributed by atoms with E-state index in [-0.39, 0.29) is 47.7 Å². The highest BCUT2D eigenvalue weighted by Crippen LogP contribution is 2.32. The van der Waals surface area contributed by atoms with Crippen LogP contribution in [-0.2, 0) is 4.74 Å². The largest absolute Gasteiger partial charge is 0.508 e. The van der Waals surface area contributed by atoms with Gasteiger partial charge >= 0.3 is 0 Å². The van der Waals surface area contributed by atoms with Crippen molar-refractivity contribution in [2.75, 3.05) is 13.1 Å². The topological polar surface area (TPSA) is 113 Å². The SMILES string of the molecule is O=C1c2ccccc2C(=O)N1CCN1C=COC(c2cc(O)ccc2[N+](=O)[O-])=C1. The first kappa shape index (κ1) is 18.2. The van der Waals surface area contributed by atoms with Crippen LogP contribution in [-0.4, -0.2) is 44.7 Å². The van der Waals surface area contributed by atoms with Gasteiger partial charge in [-0.2, -0.15) is 0 Å². The third-order valence-corrected chi connectivity index (χ3v) is 4.63.